The molecule has 0 bridgehead atoms. The van der Waals surface area contributed by atoms with Gasteiger partial charge in [0.25, 0.3) is 0 Å². The van der Waals surface area contributed by atoms with Crippen molar-refractivity contribution < 1.29 is 4.79 Å². The Morgan fingerprint density at radius 3 is 1.58 bits per heavy atom. The molecule has 0 saturated carbocycles. The Morgan fingerprint density at radius 1 is 0.750 bits per heavy atom. The molecule has 2 unspecified atom stereocenters. The second-order valence-electron chi connectivity index (χ2n) is 8.74. The molecule has 2 heteroatoms. The Kier molecular flexibility index (Phi) is 13.4. The van der Waals surface area contributed by atoms with Crippen molar-refractivity contribution in [2.75, 3.05) is 0 Å². The summed E-state index contributed by atoms with van der Waals surface area (Å²) in [5.74, 6) is 0.409. The van der Waals surface area contributed by atoms with E-state index in [4.69, 9.17) is 5.73 Å². The minimum atomic E-state index is -0.0722. The first kappa shape index (κ1) is 23.5. The number of amides is 1. The summed E-state index contributed by atoms with van der Waals surface area (Å²) in [4.78, 5) is 12.1. The van der Waals surface area contributed by atoms with Gasteiger partial charge >= 0.3 is 0 Å². The highest BCUT2D eigenvalue weighted by Gasteiger charge is 2.34. The lowest BCUT2D eigenvalue weighted by molar-refractivity contribution is -0.125. The molecule has 1 amide bonds. The third-order valence-electron chi connectivity index (χ3n) is 5.45. The Bertz CT molecular complexity index is 306. The normalized spacial score (nSPS) is 14.5. The van der Waals surface area contributed by atoms with Crippen LogP contribution >= 0.6 is 0 Å². The van der Waals surface area contributed by atoms with Crippen LogP contribution in [0.2, 0.25) is 0 Å². The van der Waals surface area contributed by atoms with Crippen LogP contribution in [0.4, 0.5) is 0 Å². The molecule has 144 valence electrons. The SMILES string of the molecule is CCCCCCCCC(C(N)=O)C(CCCCCCC)C(C)(C)C. The van der Waals surface area contributed by atoms with Gasteiger partial charge < -0.3 is 5.73 Å². The summed E-state index contributed by atoms with van der Waals surface area (Å²) in [7, 11) is 0. The first-order chi connectivity index (χ1) is 11.3. The number of rotatable bonds is 15. The summed E-state index contributed by atoms with van der Waals surface area (Å²) >= 11 is 0. The summed E-state index contributed by atoms with van der Waals surface area (Å²) in [5, 5.41) is 0. The molecule has 0 rings (SSSR count). The Balaban J connectivity index is 4.45. The fourth-order valence-electron chi connectivity index (χ4n) is 3.89. The zero-order valence-corrected chi connectivity index (χ0v) is 17.3. The predicted octanol–water partition coefficient (Wildman–Crippen LogP) is 6.86. The van der Waals surface area contributed by atoms with Gasteiger partial charge in [0.1, 0.15) is 0 Å². The maximum absolute atomic E-state index is 12.1. The molecule has 0 aliphatic heterocycles. The van der Waals surface area contributed by atoms with Crippen LogP contribution in [0.15, 0.2) is 0 Å². The molecule has 2 nitrogen and oxygen atoms in total. The summed E-state index contributed by atoms with van der Waals surface area (Å²) in [6.07, 6.45) is 16.3. The average molecular weight is 340 g/mol. The molecule has 24 heavy (non-hydrogen) atoms. The van der Waals surface area contributed by atoms with Crippen molar-refractivity contribution >= 4 is 5.91 Å². The van der Waals surface area contributed by atoms with Crippen molar-refractivity contribution in [3.8, 4) is 0 Å². The van der Waals surface area contributed by atoms with Crippen molar-refractivity contribution in [2.24, 2.45) is 23.0 Å². The minimum absolute atomic E-state index is 0.0577. The first-order valence-corrected chi connectivity index (χ1v) is 10.6. The fourth-order valence-corrected chi connectivity index (χ4v) is 3.89. The number of hydrogen-bond acceptors (Lipinski definition) is 1. The van der Waals surface area contributed by atoms with E-state index in [1.807, 2.05) is 0 Å². The van der Waals surface area contributed by atoms with E-state index < -0.39 is 0 Å². The lowest BCUT2D eigenvalue weighted by Gasteiger charge is -2.36. The van der Waals surface area contributed by atoms with Gasteiger partial charge in [-0.05, 0) is 24.2 Å². The molecule has 0 aromatic rings. The Morgan fingerprint density at radius 2 is 1.17 bits per heavy atom. The van der Waals surface area contributed by atoms with Crippen LogP contribution in [0.1, 0.15) is 118 Å². The summed E-state index contributed by atoms with van der Waals surface area (Å²) in [6, 6.07) is 0. The van der Waals surface area contributed by atoms with Crippen molar-refractivity contribution in [1.82, 2.24) is 0 Å². The van der Waals surface area contributed by atoms with Crippen LogP contribution in [0.5, 0.6) is 0 Å². The highest BCUT2D eigenvalue weighted by Crippen LogP contribution is 2.38. The van der Waals surface area contributed by atoms with Gasteiger partial charge in [-0.1, -0.05) is 105 Å². The number of carbonyl (C=O) groups excluding carboxylic acids is 1. The van der Waals surface area contributed by atoms with Crippen LogP contribution < -0.4 is 5.73 Å². The molecule has 0 fully saturated rings. The third-order valence-corrected chi connectivity index (χ3v) is 5.45. The highest BCUT2D eigenvalue weighted by atomic mass is 16.1. The molecule has 2 atom stereocenters. The van der Waals surface area contributed by atoms with Crippen LogP contribution in [0.25, 0.3) is 0 Å². The molecule has 0 saturated heterocycles. The van der Waals surface area contributed by atoms with Gasteiger partial charge in [0, 0.05) is 5.92 Å². The number of primary amides is 1. The molecule has 0 heterocycles. The van der Waals surface area contributed by atoms with E-state index >= 15 is 0 Å². The number of hydrogen-bond donors (Lipinski definition) is 1. The van der Waals surface area contributed by atoms with Gasteiger partial charge in [0.05, 0.1) is 0 Å². The lowest BCUT2D eigenvalue weighted by atomic mass is 9.69. The zero-order valence-electron chi connectivity index (χ0n) is 17.3. The summed E-state index contributed by atoms with van der Waals surface area (Å²) in [5.41, 5.74) is 5.97. The largest absolute Gasteiger partial charge is 0.369 e. The second-order valence-corrected chi connectivity index (χ2v) is 8.74. The second kappa shape index (κ2) is 13.7. The molecule has 0 aliphatic rings. The van der Waals surface area contributed by atoms with E-state index in [9.17, 15) is 4.79 Å². The average Bonchev–Trinajstić information content (AvgIpc) is 2.50. The molecule has 0 aromatic heterocycles. The van der Waals surface area contributed by atoms with Gasteiger partial charge in [-0.15, -0.1) is 0 Å². The van der Waals surface area contributed by atoms with Gasteiger partial charge in [0.15, 0.2) is 0 Å². The molecular weight excluding hydrogens is 294 g/mol. The lowest BCUT2D eigenvalue weighted by Crippen LogP contribution is -2.37. The molecule has 2 N–H and O–H groups in total. The molecule has 0 spiro atoms. The smallest absolute Gasteiger partial charge is 0.220 e. The molecule has 0 aromatic carbocycles. The third kappa shape index (κ3) is 11.1. The van der Waals surface area contributed by atoms with Gasteiger partial charge in [0.2, 0.25) is 5.91 Å². The van der Waals surface area contributed by atoms with Crippen molar-refractivity contribution in [3.63, 3.8) is 0 Å². The van der Waals surface area contributed by atoms with E-state index in [-0.39, 0.29) is 17.2 Å². The minimum Gasteiger partial charge on any atom is -0.369 e. The summed E-state index contributed by atoms with van der Waals surface area (Å²) in [6.45, 7) is 11.3. The quantitative estimate of drug-likeness (QED) is 0.325. The van der Waals surface area contributed by atoms with Crippen LogP contribution in [-0.2, 0) is 4.79 Å². The fraction of sp³-hybridized carbons (Fsp3) is 0.955. The van der Waals surface area contributed by atoms with E-state index in [1.54, 1.807) is 0 Å². The van der Waals surface area contributed by atoms with E-state index in [1.165, 1.54) is 64.2 Å². The van der Waals surface area contributed by atoms with Crippen molar-refractivity contribution in [3.05, 3.63) is 0 Å². The Hall–Kier alpha value is -0.530. The Labute approximate surface area is 152 Å². The number of nitrogens with two attached hydrogens (primary N) is 1. The molecule has 0 aliphatic carbocycles. The topological polar surface area (TPSA) is 43.1 Å². The molecule has 0 radical (unpaired) electrons. The van der Waals surface area contributed by atoms with Gasteiger partial charge in [-0.2, -0.15) is 0 Å². The molecular formula is C22H45NO. The van der Waals surface area contributed by atoms with E-state index in [0.29, 0.717) is 5.92 Å². The monoisotopic (exact) mass is 339 g/mol. The van der Waals surface area contributed by atoms with Crippen molar-refractivity contribution in [1.29, 1.82) is 0 Å². The first-order valence-electron chi connectivity index (χ1n) is 10.6. The summed E-state index contributed by atoms with van der Waals surface area (Å²) < 4.78 is 0. The zero-order chi connectivity index (χ0) is 18.4. The van der Waals surface area contributed by atoms with Gasteiger partial charge in [-0.3, -0.25) is 4.79 Å². The standard InChI is InChI=1S/C22H45NO/c1-6-8-10-12-14-15-17-19(21(23)24)20(22(3,4)5)18-16-13-11-9-7-2/h19-20H,6-18H2,1-5H3,(H2,23,24). The maximum atomic E-state index is 12.1. The maximum Gasteiger partial charge on any atom is 0.220 e. The van der Waals surface area contributed by atoms with Crippen LogP contribution in [-0.4, -0.2) is 5.91 Å². The highest BCUT2D eigenvalue weighted by molar-refractivity contribution is 5.77. The predicted molar refractivity (Wildman–Crippen MR) is 107 cm³/mol. The van der Waals surface area contributed by atoms with Crippen LogP contribution in [0.3, 0.4) is 0 Å². The van der Waals surface area contributed by atoms with E-state index in [2.05, 4.69) is 34.6 Å². The van der Waals surface area contributed by atoms with E-state index in [0.717, 1.165) is 19.3 Å². The number of carbonyl (C=O) groups is 1. The van der Waals surface area contributed by atoms with Gasteiger partial charge in [-0.25, -0.2) is 0 Å². The van der Waals surface area contributed by atoms with Crippen LogP contribution in [0, 0.1) is 17.3 Å². The number of unbranched alkanes of at least 4 members (excludes halogenated alkanes) is 9. The van der Waals surface area contributed by atoms with Crippen molar-refractivity contribution in [2.45, 2.75) is 118 Å².